The standard InChI is InChI=1S/C17H17ClO3/c1-17(18,16(19)20)11-13-7-9-15(10-8-13)21-12-14-5-3-2-4-6-14/h2-10H,11-12H2,1H3,(H,19,20). The number of ether oxygens (including phenoxy) is 1. The molecule has 3 nitrogen and oxygen atoms in total. The Morgan fingerprint density at radius 3 is 2.29 bits per heavy atom. The number of carboxylic acid groups (broad SMARTS) is 1. The van der Waals surface area contributed by atoms with Gasteiger partial charge < -0.3 is 9.84 Å². The lowest BCUT2D eigenvalue weighted by atomic mass is 10.0. The lowest BCUT2D eigenvalue weighted by Crippen LogP contribution is -2.30. The zero-order valence-electron chi connectivity index (χ0n) is 11.8. The van der Waals surface area contributed by atoms with E-state index in [9.17, 15) is 4.79 Å². The number of aliphatic carboxylic acids is 1. The maximum atomic E-state index is 11.0. The maximum Gasteiger partial charge on any atom is 0.324 e. The zero-order chi connectivity index (χ0) is 15.3. The van der Waals surface area contributed by atoms with Crippen molar-refractivity contribution >= 4 is 17.6 Å². The third kappa shape index (κ3) is 4.50. The highest BCUT2D eigenvalue weighted by molar-refractivity contribution is 6.33. The molecule has 0 bridgehead atoms. The Bertz CT molecular complexity index is 591. The summed E-state index contributed by atoms with van der Waals surface area (Å²) in [5.74, 6) is -0.275. The third-order valence-electron chi connectivity index (χ3n) is 3.15. The second kappa shape index (κ2) is 6.64. The van der Waals surface area contributed by atoms with Crippen molar-refractivity contribution in [1.29, 1.82) is 0 Å². The Balaban J connectivity index is 1.95. The van der Waals surface area contributed by atoms with Crippen LogP contribution in [0.25, 0.3) is 0 Å². The highest BCUT2D eigenvalue weighted by atomic mass is 35.5. The summed E-state index contributed by atoms with van der Waals surface area (Å²) in [5.41, 5.74) is 1.96. The molecule has 0 saturated heterocycles. The molecule has 0 radical (unpaired) electrons. The number of benzene rings is 2. The van der Waals surface area contributed by atoms with Gasteiger partial charge in [0.2, 0.25) is 0 Å². The maximum absolute atomic E-state index is 11.0. The van der Waals surface area contributed by atoms with Gasteiger partial charge in [-0.1, -0.05) is 42.5 Å². The zero-order valence-corrected chi connectivity index (χ0v) is 12.5. The van der Waals surface area contributed by atoms with Gasteiger partial charge in [-0.05, 0) is 30.2 Å². The molecule has 0 aromatic heterocycles. The number of hydrogen-bond acceptors (Lipinski definition) is 2. The minimum absolute atomic E-state index is 0.267. The molecule has 1 unspecified atom stereocenters. The summed E-state index contributed by atoms with van der Waals surface area (Å²) in [6.07, 6.45) is 0.267. The van der Waals surface area contributed by atoms with Crippen LogP contribution in [-0.2, 0) is 17.8 Å². The lowest BCUT2D eigenvalue weighted by Gasteiger charge is -2.16. The molecule has 2 aromatic carbocycles. The summed E-state index contributed by atoms with van der Waals surface area (Å²) in [6.45, 7) is 2.00. The fourth-order valence-corrected chi connectivity index (χ4v) is 2.06. The Kier molecular flexibility index (Phi) is 4.86. The highest BCUT2D eigenvalue weighted by Gasteiger charge is 2.30. The minimum Gasteiger partial charge on any atom is -0.489 e. The fourth-order valence-electron chi connectivity index (χ4n) is 1.90. The van der Waals surface area contributed by atoms with Crippen LogP contribution in [0.4, 0.5) is 0 Å². The number of carbonyl (C=O) groups is 1. The fraction of sp³-hybridized carbons (Fsp3) is 0.235. The summed E-state index contributed by atoms with van der Waals surface area (Å²) in [4.78, 5) is 9.71. The van der Waals surface area contributed by atoms with Crippen LogP contribution in [0.2, 0.25) is 0 Å². The van der Waals surface area contributed by atoms with Crippen molar-refractivity contribution in [3.63, 3.8) is 0 Å². The van der Waals surface area contributed by atoms with Gasteiger partial charge in [0.1, 0.15) is 17.2 Å². The minimum atomic E-state index is -1.29. The molecule has 4 heteroatoms. The Morgan fingerprint density at radius 1 is 1.10 bits per heavy atom. The van der Waals surface area contributed by atoms with E-state index in [1.165, 1.54) is 6.92 Å². The van der Waals surface area contributed by atoms with E-state index in [0.29, 0.717) is 6.61 Å². The van der Waals surface area contributed by atoms with Crippen LogP contribution >= 0.6 is 11.6 Å². The molecule has 0 aliphatic rings. The number of hydrogen-bond donors (Lipinski definition) is 1. The first-order valence-electron chi connectivity index (χ1n) is 6.65. The Hall–Kier alpha value is -2.00. The average Bonchev–Trinajstić information content (AvgIpc) is 2.47. The van der Waals surface area contributed by atoms with Gasteiger partial charge >= 0.3 is 5.97 Å². The lowest BCUT2D eigenvalue weighted by molar-refractivity contribution is -0.139. The molecule has 2 aromatic rings. The van der Waals surface area contributed by atoms with Crippen molar-refractivity contribution < 1.29 is 14.6 Å². The molecule has 0 heterocycles. The van der Waals surface area contributed by atoms with Crippen molar-refractivity contribution in [2.75, 3.05) is 0 Å². The van der Waals surface area contributed by atoms with Gasteiger partial charge in [0.05, 0.1) is 0 Å². The number of carboxylic acids is 1. The van der Waals surface area contributed by atoms with E-state index in [2.05, 4.69) is 0 Å². The van der Waals surface area contributed by atoms with Crippen LogP contribution in [-0.4, -0.2) is 16.0 Å². The quantitative estimate of drug-likeness (QED) is 0.824. The molecule has 2 rings (SSSR count). The summed E-state index contributed by atoms with van der Waals surface area (Å²) < 4.78 is 5.68. The van der Waals surface area contributed by atoms with Crippen LogP contribution in [0.3, 0.4) is 0 Å². The van der Waals surface area contributed by atoms with E-state index in [-0.39, 0.29) is 6.42 Å². The number of rotatable bonds is 6. The van der Waals surface area contributed by atoms with Gasteiger partial charge in [-0.15, -0.1) is 11.6 Å². The van der Waals surface area contributed by atoms with E-state index >= 15 is 0 Å². The predicted molar refractivity (Wildman–Crippen MR) is 82.8 cm³/mol. The van der Waals surface area contributed by atoms with Crippen molar-refractivity contribution in [3.8, 4) is 5.75 Å². The first-order chi connectivity index (χ1) is 9.97. The summed E-state index contributed by atoms with van der Waals surface area (Å²) in [6, 6.07) is 17.2. The molecule has 1 atom stereocenters. The summed E-state index contributed by atoms with van der Waals surface area (Å²) in [7, 11) is 0. The molecule has 0 spiro atoms. The van der Waals surface area contributed by atoms with Crippen molar-refractivity contribution in [1.82, 2.24) is 0 Å². The van der Waals surface area contributed by atoms with Crippen LogP contribution in [0.5, 0.6) is 5.75 Å². The molecule has 21 heavy (non-hydrogen) atoms. The van der Waals surface area contributed by atoms with Gasteiger partial charge in [-0.3, -0.25) is 4.79 Å². The number of alkyl halides is 1. The molecular weight excluding hydrogens is 288 g/mol. The summed E-state index contributed by atoms with van der Waals surface area (Å²) in [5, 5.41) is 9.01. The van der Waals surface area contributed by atoms with Gasteiger partial charge in [0.15, 0.2) is 0 Å². The average molecular weight is 305 g/mol. The molecule has 110 valence electrons. The second-order valence-corrected chi connectivity index (χ2v) is 5.93. The first kappa shape index (κ1) is 15.4. The molecule has 0 saturated carbocycles. The SMILES string of the molecule is CC(Cl)(Cc1ccc(OCc2ccccc2)cc1)C(=O)O. The molecular formula is C17H17ClO3. The molecule has 1 N–H and O–H groups in total. The van der Waals surface area contributed by atoms with Gasteiger partial charge in [-0.2, -0.15) is 0 Å². The third-order valence-corrected chi connectivity index (χ3v) is 3.45. The van der Waals surface area contributed by atoms with Crippen LogP contribution in [0.1, 0.15) is 18.1 Å². The predicted octanol–water partition coefficient (Wildman–Crippen LogP) is 3.89. The molecule has 0 aliphatic carbocycles. The smallest absolute Gasteiger partial charge is 0.324 e. The van der Waals surface area contributed by atoms with Gasteiger partial charge in [0, 0.05) is 6.42 Å². The normalized spacial score (nSPS) is 13.4. The monoisotopic (exact) mass is 304 g/mol. The molecule has 0 aliphatic heterocycles. The molecule has 0 amide bonds. The highest BCUT2D eigenvalue weighted by Crippen LogP contribution is 2.23. The molecule has 0 fully saturated rings. The van der Waals surface area contributed by atoms with Crippen LogP contribution in [0, 0.1) is 0 Å². The van der Waals surface area contributed by atoms with Gasteiger partial charge in [0.25, 0.3) is 0 Å². The van der Waals surface area contributed by atoms with E-state index in [1.54, 1.807) is 0 Å². The van der Waals surface area contributed by atoms with E-state index in [0.717, 1.165) is 16.9 Å². The summed E-state index contributed by atoms with van der Waals surface area (Å²) >= 11 is 5.96. The van der Waals surface area contributed by atoms with E-state index in [1.807, 2.05) is 54.6 Å². The topological polar surface area (TPSA) is 46.5 Å². The second-order valence-electron chi connectivity index (χ2n) is 5.10. The Labute approximate surface area is 129 Å². The Morgan fingerprint density at radius 2 is 1.71 bits per heavy atom. The number of halogens is 1. The van der Waals surface area contributed by atoms with Crippen LogP contribution in [0.15, 0.2) is 54.6 Å². The van der Waals surface area contributed by atoms with E-state index < -0.39 is 10.8 Å². The first-order valence-corrected chi connectivity index (χ1v) is 7.03. The van der Waals surface area contributed by atoms with Crippen molar-refractivity contribution in [2.45, 2.75) is 24.8 Å². The van der Waals surface area contributed by atoms with Crippen molar-refractivity contribution in [3.05, 3.63) is 65.7 Å². The van der Waals surface area contributed by atoms with Gasteiger partial charge in [-0.25, -0.2) is 0 Å². The van der Waals surface area contributed by atoms with Crippen LogP contribution < -0.4 is 4.74 Å². The van der Waals surface area contributed by atoms with E-state index in [4.69, 9.17) is 21.4 Å². The largest absolute Gasteiger partial charge is 0.489 e. The van der Waals surface area contributed by atoms with Crippen molar-refractivity contribution in [2.24, 2.45) is 0 Å².